The van der Waals surface area contributed by atoms with Crippen molar-refractivity contribution in [1.82, 2.24) is 15.2 Å². The lowest BCUT2D eigenvalue weighted by molar-refractivity contribution is -0.189. The standard InChI is InChI=1S/C26H20F3N3O3/c1-17-21(22(33)19-10-6-3-7-11-19)25(26(27,28)29,31-23(34)20-12-14-30-15-13-20)24(35)32(17)16-18-8-4-2-5-9-18/h2-15H,16H2,1H3,(H,31,34). The molecule has 1 aromatic heterocycles. The highest BCUT2D eigenvalue weighted by Gasteiger charge is 2.70. The van der Waals surface area contributed by atoms with Gasteiger partial charge in [0.1, 0.15) is 0 Å². The predicted molar refractivity (Wildman–Crippen MR) is 121 cm³/mol. The molecule has 35 heavy (non-hydrogen) atoms. The number of carbonyl (C=O) groups excluding carboxylic acids is 3. The smallest absolute Gasteiger partial charge is 0.326 e. The second-order valence-electron chi connectivity index (χ2n) is 7.97. The molecule has 2 amide bonds. The molecule has 1 aliphatic rings. The molecule has 1 atom stereocenters. The van der Waals surface area contributed by atoms with E-state index in [0.29, 0.717) is 5.56 Å². The molecule has 2 heterocycles. The number of allylic oxidation sites excluding steroid dienone is 1. The molecule has 1 unspecified atom stereocenters. The summed E-state index contributed by atoms with van der Waals surface area (Å²) in [6, 6.07) is 18.2. The number of carbonyl (C=O) groups is 3. The molecule has 2 aromatic carbocycles. The highest BCUT2D eigenvalue weighted by molar-refractivity contribution is 6.19. The van der Waals surface area contributed by atoms with Gasteiger partial charge < -0.3 is 10.2 Å². The van der Waals surface area contributed by atoms with E-state index in [4.69, 9.17) is 0 Å². The zero-order valence-corrected chi connectivity index (χ0v) is 18.5. The van der Waals surface area contributed by atoms with E-state index in [9.17, 15) is 27.6 Å². The van der Waals surface area contributed by atoms with Crippen LogP contribution in [0.25, 0.3) is 0 Å². The minimum Gasteiger partial charge on any atom is -0.326 e. The number of nitrogens with one attached hydrogen (secondary N) is 1. The fourth-order valence-corrected chi connectivity index (χ4v) is 4.09. The summed E-state index contributed by atoms with van der Waals surface area (Å²) in [4.78, 5) is 44.6. The van der Waals surface area contributed by atoms with Gasteiger partial charge in [-0.15, -0.1) is 0 Å². The van der Waals surface area contributed by atoms with Crippen molar-refractivity contribution in [3.63, 3.8) is 0 Å². The molecule has 0 radical (unpaired) electrons. The quantitative estimate of drug-likeness (QED) is 0.535. The number of Topliss-reactive ketones (excluding diaryl/α,β-unsaturated/α-hetero) is 1. The van der Waals surface area contributed by atoms with Crippen molar-refractivity contribution in [3.05, 3.63) is 113 Å². The summed E-state index contributed by atoms with van der Waals surface area (Å²) in [5, 5.41) is 1.88. The van der Waals surface area contributed by atoms with E-state index < -0.39 is 34.9 Å². The van der Waals surface area contributed by atoms with E-state index in [2.05, 4.69) is 4.98 Å². The maximum Gasteiger partial charge on any atom is 0.425 e. The first-order valence-electron chi connectivity index (χ1n) is 10.6. The van der Waals surface area contributed by atoms with Crippen LogP contribution in [0.5, 0.6) is 0 Å². The molecule has 0 spiro atoms. The van der Waals surface area contributed by atoms with Crippen LogP contribution in [0.15, 0.2) is 96.5 Å². The van der Waals surface area contributed by atoms with Gasteiger partial charge in [0.15, 0.2) is 5.78 Å². The number of aromatic nitrogens is 1. The topological polar surface area (TPSA) is 79.4 Å². The fraction of sp³-hybridized carbons (Fsp3) is 0.154. The van der Waals surface area contributed by atoms with Crippen LogP contribution in [-0.4, -0.2) is 39.2 Å². The third-order valence-electron chi connectivity index (χ3n) is 5.82. The minimum atomic E-state index is -5.32. The molecular weight excluding hydrogens is 459 g/mol. The lowest BCUT2D eigenvalue weighted by atomic mass is 9.84. The summed E-state index contributed by atoms with van der Waals surface area (Å²) in [7, 11) is 0. The largest absolute Gasteiger partial charge is 0.425 e. The highest BCUT2D eigenvalue weighted by atomic mass is 19.4. The van der Waals surface area contributed by atoms with Crippen LogP contribution in [0.3, 0.4) is 0 Å². The van der Waals surface area contributed by atoms with Crippen molar-refractivity contribution in [3.8, 4) is 0 Å². The molecule has 1 aliphatic heterocycles. The van der Waals surface area contributed by atoms with Crippen LogP contribution >= 0.6 is 0 Å². The molecule has 6 nitrogen and oxygen atoms in total. The summed E-state index contributed by atoms with van der Waals surface area (Å²) >= 11 is 0. The zero-order valence-electron chi connectivity index (χ0n) is 18.5. The van der Waals surface area contributed by atoms with Crippen LogP contribution in [-0.2, 0) is 11.3 Å². The van der Waals surface area contributed by atoms with Crippen molar-refractivity contribution in [2.75, 3.05) is 0 Å². The Hall–Kier alpha value is -4.27. The first-order valence-corrected chi connectivity index (χ1v) is 10.6. The molecule has 0 saturated carbocycles. The molecule has 1 N–H and O–H groups in total. The lowest BCUT2D eigenvalue weighted by Crippen LogP contribution is -2.66. The van der Waals surface area contributed by atoms with Gasteiger partial charge in [-0.3, -0.25) is 19.4 Å². The van der Waals surface area contributed by atoms with Gasteiger partial charge in [0.05, 0.1) is 12.1 Å². The van der Waals surface area contributed by atoms with E-state index in [1.165, 1.54) is 55.7 Å². The average molecular weight is 479 g/mol. The van der Waals surface area contributed by atoms with Crippen molar-refractivity contribution in [2.24, 2.45) is 0 Å². The summed E-state index contributed by atoms with van der Waals surface area (Å²) in [5.41, 5.74) is -4.20. The number of hydrogen-bond donors (Lipinski definition) is 1. The van der Waals surface area contributed by atoms with Crippen molar-refractivity contribution in [2.45, 2.75) is 25.2 Å². The fourth-order valence-electron chi connectivity index (χ4n) is 4.09. The molecule has 0 bridgehead atoms. The van der Waals surface area contributed by atoms with Crippen LogP contribution in [0.2, 0.25) is 0 Å². The number of nitrogens with zero attached hydrogens (tertiary/aromatic N) is 2. The van der Waals surface area contributed by atoms with Gasteiger partial charge in [-0.2, -0.15) is 13.2 Å². The average Bonchev–Trinajstić information content (AvgIpc) is 3.07. The zero-order chi connectivity index (χ0) is 25.2. The number of amides is 2. The van der Waals surface area contributed by atoms with Gasteiger partial charge in [0, 0.05) is 29.2 Å². The van der Waals surface area contributed by atoms with E-state index in [0.717, 1.165) is 4.90 Å². The first-order chi connectivity index (χ1) is 16.7. The number of alkyl halides is 3. The summed E-state index contributed by atoms with van der Waals surface area (Å²) in [6.07, 6.45) is -2.84. The Balaban J connectivity index is 1.89. The minimum absolute atomic E-state index is 0.0389. The summed E-state index contributed by atoms with van der Waals surface area (Å²) in [6.45, 7) is 1.07. The molecule has 0 saturated heterocycles. The first kappa shape index (κ1) is 23.9. The number of hydrogen-bond acceptors (Lipinski definition) is 4. The molecule has 9 heteroatoms. The Labute approximate surface area is 199 Å². The third kappa shape index (κ3) is 4.21. The molecule has 0 fully saturated rings. The Kier molecular flexibility index (Phi) is 6.26. The summed E-state index contributed by atoms with van der Waals surface area (Å²) < 4.78 is 44.7. The number of halogens is 3. The highest BCUT2D eigenvalue weighted by Crippen LogP contribution is 2.46. The number of benzene rings is 2. The molecule has 4 rings (SSSR count). The SMILES string of the molecule is CC1=C(C(=O)c2ccccc2)C(NC(=O)c2ccncc2)(C(F)(F)F)C(=O)N1Cc1ccccc1. The maximum absolute atomic E-state index is 14.9. The molecule has 0 aliphatic carbocycles. The Morgan fingerprint density at radius 1 is 0.914 bits per heavy atom. The van der Waals surface area contributed by atoms with E-state index in [-0.39, 0.29) is 23.4 Å². The van der Waals surface area contributed by atoms with Gasteiger partial charge in [0.25, 0.3) is 11.8 Å². The number of rotatable bonds is 6. The predicted octanol–water partition coefficient (Wildman–Crippen LogP) is 4.31. The van der Waals surface area contributed by atoms with Gasteiger partial charge in [0.2, 0.25) is 5.54 Å². The van der Waals surface area contributed by atoms with Crippen LogP contribution in [0.4, 0.5) is 13.2 Å². The van der Waals surface area contributed by atoms with E-state index in [1.807, 2.05) is 5.32 Å². The molecule has 3 aromatic rings. The Morgan fingerprint density at radius 2 is 1.49 bits per heavy atom. The molecular formula is C26H20F3N3O3. The lowest BCUT2D eigenvalue weighted by Gasteiger charge is -2.33. The van der Waals surface area contributed by atoms with Crippen molar-refractivity contribution >= 4 is 17.6 Å². The van der Waals surface area contributed by atoms with Crippen LogP contribution in [0, 0.1) is 0 Å². The van der Waals surface area contributed by atoms with Gasteiger partial charge in [-0.25, -0.2) is 0 Å². The Bertz CT molecular complexity index is 1290. The van der Waals surface area contributed by atoms with E-state index >= 15 is 0 Å². The maximum atomic E-state index is 14.9. The second-order valence-corrected chi connectivity index (χ2v) is 7.97. The van der Waals surface area contributed by atoms with Crippen LogP contribution < -0.4 is 5.32 Å². The van der Waals surface area contributed by atoms with Crippen molar-refractivity contribution in [1.29, 1.82) is 0 Å². The third-order valence-corrected chi connectivity index (χ3v) is 5.82. The summed E-state index contributed by atoms with van der Waals surface area (Å²) in [5.74, 6) is -3.61. The van der Waals surface area contributed by atoms with Gasteiger partial charge in [-0.05, 0) is 24.6 Å². The monoisotopic (exact) mass is 479 g/mol. The van der Waals surface area contributed by atoms with E-state index in [1.54, 1.807) is 36.4 Å². The van der Waals surface area contributed by atoms with Crippen molar-refractivity contribution < 1.29 is 27.6 Å². The number of ketones is 1. The second kappa shape index (κ2) is 9.17. The number of pyridine rings is 1. The molecule has 178 valence electrons. The van der Waals surface area contributed by atoms with Gasteiger partial charge in [-0.1, -0.05) is 60.7 Å². The normalized spacial score (nSPS) is 18.1. The van der Waals surface area contributed by atoms with Gasteiger partial charge >= 0.3 is 6.18 Å². The Morgan fingerprint density at radius 3 is 2.06 bits per heavy atom. The van der Waals surface area contributed by atoms with Crippen LogP contribution in [0.1, 0.15) is 33.2 Å².